The lowest BCUT2D eigenvalue weighted by molar-refractivity contribution is -0.130. The van der Waals surface area contributed by atoms with E-state index in [0.717, 1.165) is 24.6 Å². The van der Waals surface area contributed by atoms with Crippen molar-refractivity contribution in [1.29, 1.82) is 0 Å². The maximum absolute atomic E-state index is 11.6. The van der Waals surface area contributed by atoms with Crippen LogP contribution in [-0.4, -0.2) is 50.6 Å². The van der Waals surface area contributed by atoms with Crippen molar-refractivity contribution in [3.8, 4) is 5.75 Å². The van der Waals surface area contributed by atoms with E-state index >= 15 is 0 Å². The number of benzene rings is 1. The number of hydrogen-bond donors (Lipinski definition) is 2. The van der Waals surface area contributed by atoms with Gasteiger partial charge in [0, 0.05) is 27.2 Å². The highest BCUT2D eigenvalue weighted by atomic mass is 127. The summed E-state index contributed by atoms with van der Waals surface area (Å²) in [6.07, 6.45) is 0. The Kier molecular flexibility index (Phi) is 12.0. The van der Waals surface area contributed by atoms with Crippen LogP contribution in [0.25, 0.3) is 0 Å². The Balaban J connectivity index is 0.00000576. The van der Waals surface area contributed by atoms with Crippen molar-refractivity contribution in [3.63, 3.8) is 0 Å². The molecule has 6 nitrogen and oxygen atoms in total. The van der Waals surface area contributed by atoms with Gasteiger partial charge in [0.2, 0.25) is 0 Å². The standard InChI is InChI=1S/C18H30N4O2.HI/c1-6-19-18(20-11-14(2)3)21-12-15-8-7-9-16(10-15)24-13-17(23)22(4)5;/h7-10,14H,6,11-13H2,1-5H3,(H2,19,20,21);1H. The first-order chi connectivity index (χ1) is 11.4. The molecule has 7 heteroatoms. The number of nitrogens with zero attached hydrogens (tertiary/aromatic N) is 2. The number of aliphatic imine (C=N–C) groups is 1. The summed E-state index contributed by atoms with van der Waals surface area (Å²) in [6, 6.07) is 7.67. The molecule has 1 rings (SSSR count). The molecular weight excluding hydrogens is 431 g/mol. The van der Waals surface area contributed by atoms with E-state index in [-0.39, 0.29) is 36.5 Å². The van der Waals surface area contributed by atoms with Gasteiger partial charge >= 0.3 is 0 Å². The molecule has 0 unspecified atom stereocenters. The van der Waals surface area contributed by atoms with Crippen LogP contribution in [0, 0.1) is 5.92 Å². The summed E-state index contributed by atoms with van der Waals surface area (Å²) in [5.74, 6) is 1.98. The summed E-state index contributed by atoms with van der Waals surface area (Å²) in [5, 5.41) is 6.55. The van der Waals surface area contributed by atoms with Gasteiger partial charge in [0.15, 0.2) is 12.6 Å². The van der Waals surface area contributed by atoms with Crippen molar-refractivity contribution in [3.05, 3.63) is 29.8 Å². The van der Waals surface area contributed by atoms with Crippen LogP contribution in [-0.2, 0) is 11.3 Å². The molecule has 2 N–H and O–H groups in total. The lowest BCUT2D eigenvalue weighted by atomic mass is 10.2. The van der Waals surface area contributed by atoms with Crippen LogP contribution in [0.15, 0.2) is 29.3 Å². The number of hydrogen-bond acceptors (Lipinski definition) is 3. The van der Waals surface area contributed by atoms with Gasteiger partial charge in [-0.15, -0.1) is 24.0 Å². The number of amides is 1. The second kappa shape index (κ2) is 12.8. The molecule has 0 spiro atoms. The lowest BCUT2D eigenvalue weighted by Gasteiger charge is -2.13. The van der Waals surface area contributed by atoms with Gasteiger partial charge in [-0.1, -0.05) is 26.0 Å². The molecule has 1 aromatic rings. The van der Waals surface area contributed by atoms with Crippen LogP contribution in [0.4, 0.5) is 0 Å². The van der Waals surface area contributed by atoms with Gasteiger partial charge in [0.05, 0.1) is 6.54 Å². The molecule has 0 saturated carbocycles. The van der Waals surface area contributed by atoms with Crippen molar-refractivity contribution >= 4 is 35.8 Å². The van der Waals surface area contributed by atoms with E-state index in [9.17, 15) is 4.79 Å². The van der Waals surface area contributed by atoms with Crippen molar-refractivity contribution in [1.82, 2.24) is 15.5 Å². The minimum absolute atomic E-state index is 0. The zero-order chi connectivity index (χ0) is 17.9. The van der Waals surface area contributed by atoms with E-state index in [2.05, 4.69) is 29.5 Å². The van der Waals surface area contributed by atoms with Gasteiger partial charge < -0.3 is 20.3 Å². The Bertz CT molecular complexity index is 548. The molecule has 0 aliphatic heterocycles. The van der Waals surface area contributed by atoms with Gasteiger partial charge in [-0.3, -0.25) is 4.79 Å². The largest absolute Gasteiger partial charge is 0.484 e. The highest BCUT2D eigenvalue weighted by Gasteiger charge is 2.05. The highest BCUT2D eigenvalue weighted by Crippen LogP contribution is 2.14. The number of guanidine groups is 1. The summed E-state index contributed by atoms with van der Waals surface area (Å²) in [6.45, 7) is 8.65. The molecule has 142 valence electrons. The monoisotopic (exact) mass is 462 g/mol. The number of halogens is 1. The average molecular weight is 462 g/mol. The molecule has 0 fully saturated rings. The molecule has 0 radical (unpaired) electrons. The third-order valence-corrected chi connectivity index (χ3v) is 3.20. The van der Waals surface area contributed by atoms with Crippen LogP contribution < -0.4 is 15.4 Å². The maximum atomic E-state index is 11.6. The molecule has 0 aliphatic rings. The van der Waals surface area contributed by atoms with E-state index in [1.54, 1.807) is 14.1 Å². The van der Waals surface area contributed by atoms with Crippen molar-refractivity contribution in [2.24, 2.45) is 10.9 Å². The first kappa shape index (κ1) is 23.5. The minimum Gasteiger partial charge on any atom is -0.484 e. The third-order valence-electron chi connectivity index (χ3n) is 3.20. The minimum atomic E-state index is -0.0641. The third kappa shape index (κ3) is 10.2. The maximum Gasteiger partial charge on any atom is 0.259 e. The van der Waals surface area contributed by atoms with Gasteiger partial charge in [0.25, 0.3) is 5.91 Å². The summed E-state index contributed by atoms with van der Waals surface area (Å²) in [7, 11) is 3.42. The van der Waals surface area contributed by atoms with Crippen molar-refractivity contribution in [2.45, 2.75) is 27.3 Å². The summed E-state index contributed by atoms with van der Waals surface area (Å²) >= 11 is 0. The molecule has 0 atom stereocenters. The van der Waals surface area contributed by atoms with Gasteiger partial charge in [-0.05, 0) is 30.5 Å². The Labute approximate surface area is 168 Å². The summed E-state index contributed by atoms with van der Waals surface area (Å²) in [5.41, 5.74) is 1.03. The second-order valence-corrected chi connectivity index (χ2v) is 6.19. The Morgan fingerprint density at radius 1 is 1.28 bits per heavy atom. The Morgan fingerprint density at radius 3 is 2.60 bits per heavy atom. The Morgan fingerprint density at radius 2 is 2.00 bits per heavy atom. The number of carbonyl (C=O) groups excluding carboxylic acids is 1. The fourth-order valence-electron chi connectivity index (χ4n) is 1.82. The zero-order valence-corrected chi connectivity index (χ0v) is 18.2. The van der Waals surface area contributed by atoms with Crippen LogP contribution in [0.2, 0.25) is 0 Å². The topological polar surface area (TPSA) is 66.0 Å². The quantitative estimate of drug-likeness (QED) is 0.354. The molecule has 0 aliphatic carbocycles. The number of nitrogens with one attached hydrogen (secondary N) is 2. The fourth-order valence-corrected chi connectivity index (χ4v) is 1.82. The Hall–Kier alpha value is -1.51. The van der Waals surface area contributed by atoms with E-state index in [4.69, 9.17) is 4.74 Å². The van der Waals surface area contributed by atoms with E-state index in [1.807, 2.05) is 31.2 Å². The predicted octanol–water partition coefficient (Wildman–Crippen LogP) is 2.48. The van der Waals surface area contributed by atoms with Crippen LogP contribution in [0.1, 0.15) is 26.3 Å². The molecular formula is C18H31IN4O2. The average Bonchev–Trinajstić information content (AvgIpc) is 2.55. The summed E-state index contributed by atoms with van der Waals surface area (Å²) in [4.78, 5) is 17.7. The SMILES string of the molecule is CCNC(=NCc1cccc(OCC(=O)N(C)C)c1)NCC(C)C.I. The van der Waals surface area contributed by atoms with Gasteiger partial charge in [-0.2, -0.15) is 0 Å². The number of ether oxygens (including phenoxy) is 1. The number of carbonyl (C=O) groups is 1. The van der Waals surface area contributed by atoms with Gasteiger partial charge in [-0.25, -0.2) is 4.99 Å². The molecule has 0 saturated heterocycles. The molecule has 0 heterocycles. The first-order valence-corrected chi connectivity index (χ1v) is 8.36. The zero-order valence-electron chi connectivity index (χ0n) is 15.8. The predicted molar refractivity (Wildman–Crippen MR) is 114 cm³/mol. The molecule has 25 heavy (non-hydrogen) atoms. The fraction of sp³-hybridized carbons (Fsp3) is 0.556. The van der Waals surface area contributed by atoms with E-state index in [1.165, 1.54) is 4.90 Å². The smallest absolute Gasteiger partial charge is 0.259 e. The van der Waals surface area contributed by atoms with Crippen molar-refractivity contribution in [2.75, 3.05) is 33.8 Å². The summed E-state index contributed by atoms with van der Waals surface area (Å²) < 4.78 is 5.53. The lowest BCUT2D eigenvalue weighted by Crippen LogP contribution is -2.39. The van der Waals surface area contributed by atoms with Crippen LogP contribution in [0.3, 0.4) is 0 Å². The first-order valence-electron chi connectivity index (χ1n) is 8.36. The number of rotatable bonds is 8. The van der Waals surface area contributed by atoms with E-state index in [0.29, 0.717) is 18.2 Å². The van der Waals surface area contributed by atoms with Crippen molar-refractivity contribution < 1.29 is 9.53 Å². The second-order valence-electron chi connectivity index (χ2n) is 6.19. The molecule has 0 bridgehead atoms. The normalized spacial score (nSPS) is 10.9. The van der Waals surface area contributed by atoms with Gasteiger partial charge in [0.1, 0.15) is 5.75 Å². The number of likely N-dealkylation sites (N-methyl/N-ethyl adjacent to an activating group) is 1. The molecule has 1 amide bonds. The molecule has 1 aromatic carbocycles. The van der Waals surface area contributed by atoms with Crippen LogP contribution >= 0.6 is 24.0 Å². The van der Waals surface area contributed by atoms with Crippen LogP contribution in [0.5, 0.6) is 5.75 Å². The van der Waals surface area contributed by atoms with E-state index < -0.39 is 0 Å². The molecule has 0 aromatic heterocycles. The highest BCUT2D eigenvalue weighted by molar-refractivity contribution is 14.0.